The largest absolute Gasteiger partial charge is 0.494 e. The monoisotopic (exact) mass is 117 g/mol. The molecule has 0 bridgehead atoms. The van der Waals surface area contributed by atoms with E-state index >= 15 is 0 Å². The van der Waals surface area contributed by atoms with Gasteiger partial charge in [-0.2, -0.15) is 0 Å². The molecule has 0 rings (SSSR count). The highest BCUT2D eigenvalue weighted by Crippen LogP contribution is 1.71. The van der Waals surface area contributed by atoms with Crippen LogP contribution in [-0.4, -0.2) is 16.0 Å². The first-order valence-corrected chi connectivity index (χ1v) is 2.84. The van der Waals surface area contributed by atoms with Crippen LogP contribution < -0.4 is 0 Å². The zero-order valence-corrected chi connectivity index (χ0v) is 5.13. The third kappa shape index (κ3) is 3.21. The Morgan fingerprint density at radius 3 is 2.57 bits per heavy atom. The average Bonchev–Trinajstić information content (AvgIpc) is 1.68. The van der Waals surface area contributed by atoms with Gasteiger partial charge in [0.1, 0.15) is 0 Å². The second-order valence-corrected chi connectivity index (χ2v) is 1.31. The van der Waals surface area contributed by atoms with Gasteiger partial charge in [0.2, 0.25) is 0 Å². The molecule has 1 radical (unpaired) electrons. The van der Waals surface area contributed by atoms with Crippen molar-refractivity contribution < 1.29 is 14.0 Å². The van der Waals surface area contributed by atoms with Gasteiger partial charge < -0.3 is 4.43 Å². The first kappa shape index (κ1) is 6.39. The highest BCUT2D eigenvalue weighted by Gasteiger charge is 1.89. The van der Waals surface area contributed by atoms with Crippen LogP contribution in [0.2, 0.25) is 0 Å². The summed E-state index contributed by atoms with van der Waals surface area (Å²) in [6, 6.07) is 0. The lowest BCUT2D eigenvalue weighted by molar-refractivity contribution is -0.129. The minimum Gasteiger partial charge on any atom is -0.494 e. The Hall–Kier alpha value is -0.613. The Morgan fingerprint density at radius 2 is 2.43 bits per heavy atom. The molecule has 0 aromatic heterocycles. The van der Waals surface area contributed by atoms with E-state index in [4.69, 9.17) is 0 Å². The Morgan fingerprint density at radius 1 is 1.86 bits per heavy atom. The molecule has 0 fully saturated rings. The van der Waals surface area contributed by atoms with E-state index in [0.717, 1.165) is 6.08 Å². The highest BCUT2D eigenvalue weighted by atomic mass is 28.2. The molecule has 0 saturated heterocycles. The topological polar surface area (TPSA) is 46.2 Å². The zero-order valence-electron chi connectivity index (χ0n) is 3.72. The molecule has 39 valence electrons. The molecule has 0 saturated carbocycles. The van der Waals surface area contributed by atoms with E-state index in [0.29, 0.717) is 0 Å². The Kier molecular flexibility index (Phi) is 3.26. The predicted molar refractivity (Wildman–Crippen MR) is 25.5 cm³/mol. The van der Waals surface area contributed by atoms with Gasteiger partial charge in [0.25, 0.3) is 0 Å². The van der Waals surface area contributed by atoms with Gasteiger partial charge in [0, 0.05) is 6.08 Å². The van der Waals surface area contributed by atoms with Crippen LogP contribution >= 0.6 is 0 Å². The maximum atomic E-state index is 9.91. The highest BCUT2D eigenvalue weighted by molar-refractivity contribution is 6.21. The number of hydrogen-bond acceptors (Lipinski definition) is 2. The fraction of sp³-hybridized carbons (Fsp3) is 0. The van der Waals surface area contributed by atoms with E-state index in [1.807, 2.05) is 0 Å². The van der Waals surface area contributed by atoms with Crippen molar-refractivity contribution in [2.24, 2.45) is 0 Å². The maximum absolute atomic E-state index is 9.91. The lowest BCUT2D eigenvalue weighted by Crippen LogP contribution is -2.02. The van der Waals surface area contributed by atoms with Crippen molar-refractivity contribution in [3.05, 3.63) is 12.7 Å². The van der Waals surface area contributed by atoms with Crippen LogP contribution in [0.1, 0.15) is 0 Å². The summed E-state index contributed by atoms with van der Waals surface area (Å²) < 4.78 is 4.02. The van der Waals surface area contributed by atoms with Gasteiger partial charge in [-0.1, -0.05) is 6.58 Å². The summed E-state index contributed by atoms with van der Waals surface area (Å²) >= 11 is 0. The van der Waals surface area contributed by atoms with Crippen LogP contribution in [0.15, 0.2) is 12.7 Å². The van der Waals surface area contributed by atoms with Crippen LogP contribution in [0.4, 0.5) is 0 Å². The van der Waals surface area contributed by atoms with Crippen LogP contribution in [0.3, 0.4) is 0 Å². The molecule has 0 aromatic carbocycles. The van der Waals surface area contributed by atoms with Crippen LogP contribution in [0, 0.1) is 0 Å². The van der Waals surface area contributed by atoms with Crippen LogP contribution in [0.25, 0.3) is 0 Å². The summed E-state index contributed by atoms with van der Waals surface area (Å²) in [5, 5.41) is 0. The first-order valence-electron chi connectivity index (χ1n) is 1.68. The molecule has 0 aliphatic heterocycles. The Balaban J connectivity index is 3.17. The van der Waals surface area contributed by atoms with Crippen molar-refractivity contribution in [3.63, 3.8) is 0 Å². The first-order chi connectivity index (χ1) is 3.31. The summed E-state index contributed by atoms with van der Waals surface area (Å²) in [6.07, 6.45) is 0.977. The quantitative estimate of drug-likeness (QED) is 0.349. The SMILES string of the molecule is C=CC(=O)O[SiH2][O]. The fourth-order valence-electron chi connectivity index (χ4n) is 0.117. The van der Waals surface area contributed by atoms with Crippen molar-refractivity contribution >= 4 is 16.0 Å². The van der Waals surface area contributed by atoms with Crippen molar-refractivity contribution in [2.45, 2.75) is 0 Å². The van der Waals surface area contributed by atoms with Gasteiger partial charge >= 0.3 is 16.0 Å². The third-order valence-electron chi connectivity index (χ3n) is 0.368. The van der Waals surface area contributed by atoms with E-state index in [1.54, 1.807) is 0 Å². The van der Waals surface area contributed by atoms with Gasteiger partial charge in [0.15, 0.2) is 0 Å². The minimum atomic E-state index is -1.82. The molecule has 0 unspecified atom stereocenters. The van der Waals surface area contributed by atoms with E-state index < -0.39 is 16.0 Å². The van der Waals surface area contributed by atoms with Gasteiger partial charge in [-0.25, -0.2) is 4.79 Å². The third-order valence-corrected chi connectivity index (χ3v) is 0.770. The summed E-state index contributed by atoms with van der Waals surface area (Å²) in [6.45, 7) is 3.09. The maximum Gasteiger partial charge on any atom is 0.401 e. The van der Waals surface area contributed by atoms with Gasteiger partial charge in [-0.3, -0.25) is 4.80 Å². The molecule has 0 atom stereocenters. The van der Waals surface area contributed by atoms with E-state index in [-0.39, 0.29) is 0 Å². The second kappa shape index (κ2) is 3.57. The normalized spacial score (nSPS) is 9.29. The summed E-state index contributed by atoms with van der Waals surface area (Å²) in [4.78, 5) is 19.5. The van der Waals surface area contributed by atoms with E-state index in [1.165, 1.54) is 0 Å². The molecule has 0 aliphatic rings. The average molecular weight is 117 g/mol. The Bertz CT molecular complexity index is 80.2. The number of hydrogen-bond donors (Lipinski definition) is 0. The second-order valence-electron chi connectivity index (χ2n) is 0.785. The van der Waals surface area contributed by atoms with Crippen LogP contribution in [-0.2, 0) is 14.0 Å². The minimum absolute atomic E-state index is 0.610. The number of carbonyl (C=O) groups excluding carboxylic acids is 1. The van der Waals surface area contributed by atoms with Crippen molar-refractivity contribution in [2.75, 3.05) is 0 Å². The summed E-state index contributed by atoms with van der Waals surface area (Å²) in [7, 11) is -1.82. The molecule has 0 N–H and O–H groups in total. The van der Waals surface area contributed by atoms with Crippen molar-refractivity contribution in [1.29, 1.82) is 0 Å². The van der Waals surface area contributed by atoms with Crippen molar-refractivity contribution in [1.82, 2.24) is 0 Å². The van der Waals surface area contributed by atoms with Gasteiger partial charge in [-0.05, 0) is 0 Å². The molecule has 0 spiro atoms. The molecule has 7 heavy (non-hydrogen) atoms. The predicted octanol–water partition coefficient (Wildman–Crippen LogP) is -0.855. The van der Waals surface area contributed by atoms with Gasteiger partial charge in [-0.15, -0.1) is 0 Å². The summed E-state index contributed by atoms with van der Waals surface area (Å²) in [5.41, 5.74) is 0. The molecule has 0 amide bonds. The van der Waals surface area contributed by atoms with Gasteiger partial charge in [0.05, 0.1) is 0 Å². The van der Waals surface area contributed by atoms with E-state index in [9.17, 15) is 9.59 Å². The zero-order chi connectivity index (χ0) is 5.70. The molecule has 4 heteroatoms. The molecular formula is C3H5O3Si. The Labute approximate surface area is 43.7 Å². The number of carbonyl (C=O) groups is 1. The smallest absolute Gasteiger partial charge is 0.401 e. The van der Waals surface area contributed by atoms with Crippen LogP contribution in [0.5, 0.6) is 0 Å². The summed E-state index contributed by atoms with van der Waals surface area (Å²) in [5.74, 6) is -0.610. The lowest BCUT2D eigenvalue weighted by atomic mass is 10.7. The fourth-order valence-corrected chi connectivity index (χ4v) is 0.351. The molecule has 0 aliphatic carbocycles. The van der Waals surface area contributed by atoms with E-state index in [2.05, 4.69) is 11.0 Å². The standard InChI is InChI=1S/C3H5O3Si/c1-2-3(4)6-7-5/h2H,1,7H2. The molecular weight excluding hydrogens is 112 g/mol. The molecule has 3 nitrogen and oxygen atoms in total. The lowest BCUT2D eigenvalue weighted by Gasteiger charge is -1.88. The number of rotatable bonds is 2. The van der Waals surface area contributed by atoms with Crippen molar-refractivity contribution in [3.8, 4) is 0 Å². The molecule has 0 aromatic rings. The molecule has 0 heterocycles.